The molecular formula is C6H12ClN. The van der Waals surface area contributed by atoms with E-state index in [4.69, 9.17) is 11.6 Å². The second-order valence-corrected chi connectivity index (χ2v) is 2.18. The Labute approximate surface area is 55.7 Å². The molecule has 0 aromatic rings. The molecule has 0 aromatic heterocycles. The molecule has 0 bridgehead atoms. The number of likely N-dealkylation sites (N-methyl/N-ethyl adjacent to an activating group) is 1. The topological polar surface area (TPSA) is 12.0 Å². The molecule has 1 atom stereocenters. The molecule has 1 unspecified atom stereocenters. The van der Waals surface area contributed by atoms with Gasteiger partial charge >= 0.3 is 0 Å². The lowest BCUT2D eigenvalue weighted by atomic mass is 10.2. The van der Waals surface area contributed by atoms with Gasteiger partial charge in [-0.25, -0.2) is 0 Å². The average Bonchev–Trinajstić information content (AvgIpc) is 1.69. The van der Waals surface area contributed by atoms with Gasteiger partial charge < -0.3 is 5.32 Å². The predicted octanol–water partition coefficient (Wildman–Crippen LogP) is 1.74. The predicted molar refractivity (Wildman–Crippen MR) is 38.1 cm³/mol. The van der Waals surface area contributed by atoms with Crippen LogP contribution in [0.1, 0.15) is 13.3 Å². The molecule has 0 spiro atoms. The Morgan fingerprint density at radius 3 is 2.38 bits per heavy atom. The molecule has 0 saturated carbocycles. The first kappa shape index (κ1) is 7.99. The first-order valence-electron chi connectivity index (χ1n) is 2.74. The molecule has 48 valence electrons. The van der Waals surface area contributed by atoms with Crippen LogP contribution in [0.4, 0.5) is 0 Å². The van der Waals surface area contributed by atoms with Crippen molar-refractivity contribution in [1.82, 2.24) is 5.32 Å². The highest BCUT2D eigenvalue weighted by Gasteiger charge is 2.02. The van der Waals surface area contributed by atoms with E-state index in [2.05, 4.69) is 18.8 Å². The van der Waals surface area contributed by atoms with Gasteiger partial charge in [-0.3, -0.25) is 0 Å². The van der Waals surface area contributed by atoms with Crippen molar-refractivity contribution in [1.29, 1.82) is 0 Å². The molecule has 0 aliphatic rings. The van der Waals surface area contributed by atoms with E-state index in [-0.39, 0.29) is 6.04 Å². The van der Waals surface area contributed by atoms with Gasteiger partial charge in [0.25, 0.3) is 0 Å². The molecule has 0 amide bonds. The fraction of sp³-hybridized carbons (Fsp3) is 0.667. The van der Waals surface area contributed by atoms with Crippen LogP contribution in [0.2, 0.25) is 0 Å². The third-order valence-corrected chi connectivity index (χ3v) is 1.40. The van der Waals surface area contributed by atoms with E-state index < -0.39 is 0 Å². The van der Waals surface area contributed by atoms with Crippen molar-refractivity contribution in [2.45, 2.75) is 19.4 Å². The highest BCUT2D eigenvalue weighted by Crippen LogP contribution is 2.06. The minimum Gasteiger partial charge on any atom is -0.312 e. The number of hydrogen-bond donors (Lipinski definition) is 1. The summed E-state index contributed by atoms with van der Waals surface area (Å²) in [7, 11) is 1.88. The third-order valence-electron chi connectivity index (χ3n) is 1.13. The third kappa shape index (κ3) is 2.34. The number of nitrogens with one attached hydrogen (secondary N) is 1. The summed E-state index contributed by atoms with van der Waals surface area (Å²) < 4.78 is 0. The summed E-state index contributed by atoms with van der Waals surface area (Å²) in [5.74, 6) is 0. The Kier molecular flexibility index (Phi) is 3.92. The lowest BCUT2D eigenvalue weighted by Gasteiger charge is -2.09. The molecule has 1 nitrogen and oxygen atoms in total. The van der Waals surface area contributed by atoms with Crippen LogP contribution in [0.15, 0.2) is 11.6 Å². The van der Waals surface area contributed by atoms with Crippen LogP contribution in [0, 0.1) is 0 Å². The van der Waals surface area contributed by atoms with Gasteiger partial charge in [-0.15, -0.1) is 0 Å². The van der Waals surface area contributed by atoms with Crippen LogP contribution in [0.5, 0.6) is 0 Å². The number of hydrogen-bond acceptors (Lipinski definition) is 1. The molecular weight excluding hydrogens is 122 g/mol. The van der Waals surface area contributed by atoms with Crippen LogP contribution in [0.3, 0.4) is 0 Å². The molecule has 0 fully saturated rings. The summed E-state index contributed by atoms with van der Waals surface area (Å²) in [4.78, 5) is 0. The smallest absolute Gasteiger partial charge is 0.0417 e. The second kappa shape index (κ2) is 3.93. The van der Waals surface area contributed by atoms with E-state index >= 15 is 0 Å². The molecule has 0 heterocycles. The van der Waals surface area contributed by atoms with Crippen molar-refractivity contribution < 1.29 is 0 Å². The van der Waals surface area contributed by atoms with Crippen LogP contribution in [-0.4, -0.2) is 13.1 Å². The first-order valence-corrected chi connectivity index (χ1v) is 3.11. The summed E-state index contributed by atoms with van der Waals surface area (Å²) in [6.45, 7) is 5.66. The van der Waals surface area contributed by atoms with Crippen LogP contribution in [-0.2, 0) is 0 Å². The van der Waals surface area contributed by atoms with Gasteiger partial charge in [0.1, 0.15) is 0 Å². The van der Waals surface area contributed by atoms with Crippen molar-refractivity contribution in [3.05, 3.63) is 11.6 Å². The van der Waals surface area contributed by atoms with Crippen LogP contribution < -0.4 is 5.32 Å². The largest absolute Gasteiger partial charge is 0.312 e. The van der Waals surface area contributed by atoms with Crippen molar-refractivity contribution in [2.24, 2.45) is 0 Å². The van der Waals surface area contributed by atoms with E-state index in [0.717, 1.165) is 6.42 Å². The maximum atomic E-state index is 5.59. The molecule has 0 aliphatic heterocycles. The quantitative estimate of drug-likeness (QED) is 0.619. The molecule has 0 aliphatic carbocycles. The SMILES string of the molecule is C=C(Cl)C(CC)NC. The molecule has 1 N–H and O–H groups in total. The van der Waals surface area contributed by atoms with Gasteiger partial charge in [0.15, 0.2) is 0 Å². The summed E-state index contributed by atoms with van der Waals surface area (Å²) in [5, 5.41) is 3.71. The minimum absolute atomic E-state index is 0.275. The standard InChI is InChI=1S/C6H12ClN/c1-4-6(8-3)5(2)7/h6,8H,2,4H2,1,3H3. The normalized spacial score (nSPS) is 13.4. The van der Waals surface area contributed by atoms with Crippen molar-refractivity contribution in [2.75, 3.05) is 7.05 Å². The Bertz CT molecular complexity index is 76.6. The van der Waals surface area contributed by atoms with Gasteiger partial charge in [0.05, 0.1) is 0 Å². The van der Waals surface area contributed by atoms with Crippen molar-refractivity contribution in [3.8, 4) is 0 Å². The van der Waals surface area contributed by atoms with Gasteiger partial charge in [0, 0.05) is 11.1 Å². The fourth-order valence-electron chi connectivity index (χ4n) is 0.582. The molecule has 2 heteroatoms. The molecule has 0 rings (SSSR count). The van der Waals surface area contributed by atoms with Crippen molar-refractivity contribution in [3.63, 3.8) is 0 Å². The maximum Gasteiger partial charge on any atom is 0.0417 e. The second-order valence-electron chi connectivity index (χ2n) is 1.70. The van der Waals surface area contributed by atoms with E-state index in [1.807, 2.05) is 7.05 Å². The maximum absolute atomic E-state index is 5.59. The number of halogens is 1. The van der Waals surface area contributed by atoms with Gasteiger partial charge in [-0.05, 0) is 13.5 Å². The number of rotatable bonds is 3. The Morgan fingerprint density at radius 1 is 1.88 bits per heavy atom. The summed E-state index contributed by atoms with van der Waals surface area (Å²) in [6.07, 6.45) is 0.999. The highest BCUT2D eigenvalue weighted by molar-refractivity contribution is 6.29. The van der Waals surface area contributed by atoms with E-state index in [9.17, 15) is 0 Å². The lowest BCUT2D eigenvalue weighted by Crippen LogP contribution is -2.23. The summed E-state index contributed by atoms with van der Waals surface area (Å²) in [5.41, 5.74) is 0. The zero-order valence-corrected chi connectivity index (χ0v) is 6.13. The molecule has 0 saturated heterocycles. The van der Waals surface area contributed by atoms with E-state index in [0.29, 0.717) is 5.03 Å². The fourth-order valence-corrected chi connectivity index (χ4v) is 0.846. The zero-order chi connectivity index (χ0) is 6.57. The molecule has 8 heavy (non-hydrogen) atoms. The van der Waals surface area contributed by atoms with Crippen LogP contribution >= 0.6 is 11.6 Å². The van der Waals surface area contributed by atoms with Gasteiger partial charge in [0.2, 0.25) is 0 Å². The average molecular weight is 134 g/mol. The van der Waals surface area contributed by atoms with E-state index in [1.54, 1.807) is 0 Å². The van der Waals surface area contributed by atoms with E-state index in [1.165, 1.54) is 0 Å². The Balaban J connectivity index is 3.52. The summed E-state index contributed by atoms with van der Waals surface area (Å²) >= 11 is 5.59. The van der Waals surface area contributed by atoms with Crippen molar-refractivity contribution >= 4 is 11.6 Å². The molecule has 0 radical (unpaired) electrons. The zero-order valence-electron chi connectivity index (χ0n) is 5.37. The van der Waals surface area contributed by atoms with Gasteiger partial charge in [-0.1, -0.05) is 25.1 Å². The highest BCUT2D eigenvalue weighted by atomic mass is 35.5. The van der Waals surface area contributed by atoms with Gasteiger partial charge in [-0.2, -0.15) is 0 Å². The first-order chi connectivity index (χ1) is 3.72. The Hall–Kier alpha value is -0.0100. The minimum atomic E-state index is 0.275. The Morgan fingerprint density at radius 2 is 2.38 bits per heavy atom. The monoisotopic (exact) mass is 133 g/mol. The molecule has 0 aromatic carbocycles. The van der Waals surface area contributed by atoms with Crippen LogP contribution in [0.25, 0.3) is 0 Å². The summed E-state index contributed by atoms with van der Waals surface area (Å²) in [6, 6.07) is 0.275. The lowest BCUT2D eigenvalue weighted by molar-refractivity contribution is 0.639.